The molecular weight excluding hydrogens is 440 g/mol. The molecule has 0 bridgehead atoms. The molecule has 0 saturated carbocycles. The van der Waals surface area contributed by atoms with Crippen LogP contribution in [0.15, 0.2) is 50.4 Å². The first-order valence-corrected chi connectivity index (χ1v) is 8.80. The Labute approximate surface area is 157 Å². The Kier molecular flexibility index (Phi) is 6.81. The van der Waals surface area contributed by atoms with Crippen molar-refractivity contribution in [2.75, 3.05) is 6.61 Å². The molecule has 0 aromatic heterocycles. The lowest BCUT2D eigenvalue weighted by Gasteiger charge is -2.08. The van der Waals surface area contributed by atoms with Gasteiger partial charge in [-0.3, -0.25) is 4.79 Å². The summed E-state index contributed by atoms with van der Waals surface area (Å²) >= 11 is 6.61. The molecule has 0 atom stereocenters. The summed E-state index contributed by atoms with van der Waals surface area (Å²) in [6.07, 6.45) is 1.74. The first-order valence-electron chi connectivity index (χ1n) is 7.21. The van der Waals surface area contributed by atoms with Gasteiger partial charge in [0.15, 0.2) is 11.5 Å². The third kappa shape index (κ3) is 5.35. The van der Waals surface area contributed by atoms with E-state index in [-0.39, 0.29) is 18.1 Å². The number of nitrogens with zero attached hydrogens (tertiary/aromatic N) is 1. The van der Waals surface area contributed by atoms with Gasteiger partial charge >= 0.3 is 0 Å². The molecule has 0 aliphatic heterocycles. The first kappa shape index (κ1) is 18.5. The average Bonchev–Trinajstić information content (AvgIpc) is 2.54. The van der Waals surface area contributed by atoms with Crippen LogP contribution in [0.2, 0.25) is 0 Å². The monoisotopic (exact) mass is 454 g/mol. The smallest absolute Gasteiger partial charge is 0.244 e. The number of ether oxygens (including phenoxy) is 1. The van der Waals surface area contributed by atoms with Crippen LogP contribution >= 0.6 is 31.9 Å². The van der Waals surface area contributed by atoms with E-state index in [9.17, 15) is 9.90 Å². The van der Waals surface area contributed by atoms with E-state index in [0.717, 1.165) is 10.0 Å². The summed E-state index contributed by atoms with van der Waals surface area (Å²) in [6.45, 7) is 2.26. The lowest BCUT2D eigenvalue weighted by Crippen LogP contribution is -2.19. The van der Waals surface area contributed by atoms with Gasteiger partial charge in [0.25, 0.3) is 0 Å². The second kappa shape index (κ2) is 8.84. The number of benzene rings is 2. The van der Waals surface area contributed by atoms with Crippen molar-refractivity contribution in [2.24, 2.45) is 5.10 Å². The second-order valence-corrected chi connectivity index (χ2v) is 6.65. The van der Waals surface area contributed by atoms with Gasteiger partial charge in [0.2, 0.25) is 5.91 Å². The van der Waals surface area contributed by atoms with E-state index >= 15 is 0 Å². The molecule has 126 valence electrons. The quantitative estimate of drug-likeness (QED) is 0.510. The maximum absolute atomic E-state index is 11.9. The van der Waals surface area contributed by atoms with Crippen LogP contribution in [-0.4, -0.2) is 23.8 Å². The normalized spacial score (nSPS) is 10.8. The molecule has 0 aliphatic carbocycles. The lowest BCUT2D eigenvalue weighted by molar-refractivity contribution is -0.120. The number of aromatic hydroxyl groups is 1. The standard InChI is InChI=1S/C17H16Br2N2O3/c1-2-24-15-8-12(7-14(19)17(15)23)10-20-21-16(22)9-11-3-5-13(18)6-4-11/h3-8,10,23H,2,9H2,1H3,(H,21,22)/b20-10-. The van der Waals surface area contributed by atoms with Gasteiger partial charge < -0.3 is 9.84 Å². The van der Waals surface area contributed by atoms with Crippen molar-refractivity contribution in [2.45, 2.75) is 13.3 Å². The average molecular weight is 456 g/mol. The summed E-state index contributed by atoms with van der Waals surface area (Å²) in [7, 11) is 0. The number of hydrogen-bond donors (Lipinski definition) is 2. The number of phenols is 1. The van der Waals surface area contributed by atoms with Crippen molar-refractivity contribution in [3.63, 3.8) is 0 Å². The number of amides is 1. The highest BCUT2D eigenvalue weighted by Crippen LogP contribution is 2.34. The Morgan fingerprint density at radius 1 is 1.29 bits per heavy atom. The van der Waals surface area contributed by atoms with Crippen LogP contribution in [0, 0.1) is 0 Å². The van der Waals surface area contributed by atoms with Crippen LogP contribution in [0.5, 0.6) is 11.5 Å². The molecule has 24 heavy (non-hydrogen) atoms. The third-order valence-electron chi connectivity index (χ3n) is 3.03. The molecule has 0 saturated heterocycles. The Hall–Kier alpha value is -1.86. The number of carbonyl (C=O) groups is 1. The van der Waals surface area contributed by atoms with Crippen LogP contribution < -0.4 is 10.2 Å². The van der Waals surface area contributed by atoms with Gasteiger partial charge in [0.1, 0.15) is 0 Å². The van der Waals surface area contributed by atoms with Crippen LogP contribution in [0.4, 0.5) is 0 Å². The van der Waals surface area contributed by atoms with Crippen molar-refractivity contribution in [3.05, 3.63) is 56.5 Å². The number of phenolic OH excluding ortho intramolecular Hbond substituents is 1. The fraction of sp³-hybridized carbons (Fsp3) is 0.176. The van der Waals surface area contributed by atoms with E-state index in [2.05, 4.69) is 42.4 Å². The Morgan fingerprint density at radius 2 is 2.00 bits per heavy atom. The van der Waals surface area contributed by atoms with Gasteiger partial charge in [0, 0.05) is 4.47 Å². The maximum atomic E-state index is 11.9. The van der Waals surface area contributed by atoms with Crippen LogP contribution in [0.25, 0.3) is 0 Å². The van der Waals surface area contributed by atoms with E-state index in [1.165, 1.54) is 6.21 Å². The highest BCUT2D eigenvalue weighted by molar-refractivity contribution is 9.10. The third-order valence-corrected chi connectivity index (χ3v) is 4.16. The minimum Gasteiger partial charge on any atom is -0.503 e. The SMILES string of the molecule is CCOc1cc(/C=N\NC(=O)Cc2ccc(Br)cc2)cc(Br)c1O. The number of hydrazone groups is 1. The van der Waals surface area contributed by atoms with Crippen molar-refractivity contribution >= 4 is 44.0 Å². The van der Waals surface area contributed by atoms with E-state index in [1.54, 1.807) is 12.1 Å². The highest BCUT2D eigenvalue weighted by atomic mass is 79.9. The van der Waals surface area contributed by atoms with Crippen molar-refractivity contribution in [1.29, 1.82) is 0 Å². The van der Waals surface area contributed by atoms with Gasteiger partial charge in [-0.25, -0.2) is 5.43 Å². The lowest BCUT2D eigenvalue weighted by atomic mass is 10.1. The summed E-state index contributed by atoms with van der Waals surface area (Å²) in [5.41, 5.74) is 4.07. The molecule has 5 nitrogen and oxygen atoms in total. The molecule has 0 radical (unpaired) electrons. The maximum Gasteiger partial charge on any atom is 0.244 e. The number of halogens is 2. The van der Waals surface area contributed by atoms with Crippen LogP contribution in [0.1, 0.15) is 18.1 Å². The summed E-state index contributed by atoms with van der Waals surface area (Å²) in [6, 6.07) is 10.8. The summed E-state index contributed by atoms with van der Waals surface area (Å²) in [5.74, 6) is 0.180. The molecule has 2 rings (SSSR count). The molecule has 0 aliphatic rings. The second-order valence-electron chi connectivity index (χ2n) is 4.88. The van der Waals surface area contributed by atoms with Gasteiger partial charge in [0.05, 0.1) is 23.7 Å². The van der Waals surface area contributed by atoms with Gasteiger partial charge in [-0.2, -0.15) is 5.10 Å². The highest BCUT2D eigenvalue weighted by Gasteiger charge is 2.08. The molecular formula is C17H16Br2N2O3. The fourth-order valence-electron chi connectivity index (χ4n) is 1.94. The fourth-order valence-corrected chi connectivity index (χ4v) is 2.66. The van der Waals surface area contributed by atoms with E-state index < -0.39 is 0 Å². The summed E-state index contributed by atoms with van der Waals surface area (Å²) < 4.78 is 6.80. The molecule has 0 fully saturated rings. The minimum atomic E-state index is -0.212. The van der Waals surface area contributed by atoms with E-state index in [4.69, 9.17) is 4.74 Å². The number of carbonyl (C=O) groups excluding carboxylic acids is 1. The topological polar surface area (TPSA) is 70.9 Å². The zero-order valence-corrected chi connectivity index (χ0v) is 16.1. The first-order chi connectivity index (χ1) is 11.5. The Bertz CT molecular complexity index is 746. The molecule has 2 N–H and O–H groups in total. The molecule has 0 spiro atoms. The largest absolute Gasteiger partial charge is 0.503 e. The molecule has 2 aromatic rings. The summed E-state index contributed by atoms with van der Waals surface area (Å²) in [4.78, 5) is 11.9. The van der Waals surface area contributed by atoms with Crippen LogP contribution in [-0.2, 0) is 11.2 Å². The molecule has 1 amide bonds. The molecule has 2 aromatic carbocycles. The van der Waals surface area contributed by atoms with E-state index in [1.807, 2.05) is 31.2 Å². The Balaban J connectivity index is 1.98. The predicted octanol–water partition coefficient (Wildman–Crippen LogP) is 4.01. The Morgan fingerprint density at radius 3 is 2.67 bits per heavy atom. The zero-order chi connectivity index (χ0) is 17.5. The van der Waals surface area contributed by atoms with E-state index in [0.29, 0.717) is 22.4 Å². The zero-order valence-electron chi connectivity index (χ0n) is 12.9. The van der Waals surface area contributed by atoms with Gasteiger partial charge in [-0.15, -0.1) is 0 Å². The summed E-state index contributed by atoms with van der Waals surface area (Å²) in [5, 5.41) is 13.8. The number of hydrogen-bond acceptors (Lipinski definition) is 4. The van der Waals surface area contributed by atoms with Gasteiger partial charge in [-0.1, -0.05) is 28.1 Å². The number of rotatable bonds is 6. The minimum absolute atomic E-state index is 0.0354. The van der Waals surface area contributed by atoms with Crippen molar-refractivity contribution in [1.82, 2.24) is 5.43 Å². The van der Waals surface area contributed by atoms with Crippen molar-refractivity contribution < 1.29 is 14.6 Å². The molecule has 0 heterocycles. The van der Waals surface area contributed by atoms with Crippen molar-refractivity contribution in [3.8, 4) is 11.5 Å². The van der Waals surface area contributed by atoms with Gasteiger partial charge in [-0.05, 0) is 58.2 Å². The van der Waals surface area contributed by atoms with Crippen LogP contribution in [0.3, 0.4) is 0 Å². The molecule has 0 unspecified atom stereocenters. The number of nitrogens with one attached hydrogen (secondary N) is 1. The molecule has 7 heteroatoms. The predicted molar refractivity (Wildman–Crippen MR) is 101 cm³/mol.